The van der Waals surface area contributed by atoms with E-state index >= 15 is 0 Å². The SMILES string of the molecule is COC(=O)c1nc(/N=C/N(C)C)c(Br)cc1C. The maximum atomic E-state index is 11.5. The summed E-state index contributed by atoms with van der Waals surface area (Å²) in [6.07, 6.45) is 1.61. The summed E-state index contributed by atoms with van der Waals surface area (Å²) in [6, 6.07) is 1.79. The number of aliphatic imine (C=N–C) groups is 1. The van der Waals surface area contributed by atoms with E-state index in [2.05, 4.69) is 30.6 Å². The molecule has 0 aliphatic carbocycles. The second-order valence-electron chi connectivity index (χ2n) is 3.66. The van der Waals surface area contributed by atoms with Gasteiger partial charge in [0.1, 0.15) is 0 Å². The molecule has 0 aliphatic rings. The van der Waals surface area contributed by atoms with E-state index in [-0.39, 0.29) is 5.69 Å². The van der Waals surface area contributed by atoms with Crippen molar-refractivity contribution in [1.82, 2.24) is 9.88 Å². The molecule has 1 heterocycles. The van der Waals surface area contributed by atoms with Crippen molar-refractivity contribution in [3.63, 3.8) is 0 Å². The molecule has 17 heavy (non-hydrogen) atoms. The van der Waals surface area contributed by atoms with Crippen molar-refractivity contribution in [2.24, 2.45) is 4.99 Å². The van der Waals surface area contributed by atoms with Crippen LogP contribution in [0.15, 0.2) is 15.5 Å². The van der Waals surface area contributed by atoms with Gasteiger partial charge in [-0.15, -0.1) is 0 Å². The first kappa shape index (κ1) is 13.6. The number of pyridine rings is 1. The van der Waals surface area contributed by atoms with Crippen molar-refractivity contribution in [1.29, 1.82) is 0 Å². The molecule has 0 amide bonds. The largest absolute Gasteiger partial charge is 0.464 e. The highest BCUT2D eigenvalue weighted by atomic mass is 79.9. The molecule has 0 saturated heterocycles. The quantitative estimate of drug-likeness (QED) is 0.487. The number of methoxy groups -OCH3 is 1. The Morgan fingerprint density at radius 1 is 1.59 bits per heavy atom. The van der Waals surface area contributed by atoms with Crippen LogP contribution in [-0.2, 0) is 4.74 Å². The fraction of sp³-hybridized carbons (Fsp3) is 0.364. The summed E-state index contributed by atoms with van der Waals surface area (Å²) < 4.78 is 5.40. The Balaban J connectivity index is 3.19. The van der Waals surface area contributed by atoms with Crippen molar-refractivity contribution in [2.75, 3.05) is 21.2 Å². The average Bonchev–Trinajstić information content (AvgIpc) is 2.26. The first-order valence-corrected chi connectivity index (χ1v) is 5.71. The van der Waals surface area contributed by atoms with Crippen LogP contribution in [0.3, 0.4) is 0 Å². The predicted molar refractivity (Wildman–Crippen MR) is 69.9 cm³/mol. The number of hydrogen-bond donors (Lipinski definition) is 0. The highest BCUT2D eigenvalue weighted by molar-refractivity contribution is 9.10. The molecular weight excluding hydrogens is 286 g/mol. The lowest BCUT2D eigenvalue weighted by Gasteiger charge is -2.07. The second kappa shape index (κ2) is 5.77. The number of halogens is 1. The molecule has 1 rings (SSSR count). The molecule has 5 nitrogen and oxygen atoms in total. The number of aromatic nitrogens is 1. The zero-order chi connectivity index (χ0) is 13.0. The molecule has 1 aromatic rings. The van der Waals surface area contributed by atoms with E-state index in [9.17, 15) is 4.79 Å². The molecule has 0 aliphatic heterocycles. The molecule has 0 atom stereocenters. The van der Waals surface area contributed by atoms with Gasteiger partial charge in [-0.25, -0.2) is 14.8 Å². The minimum atomic E-state index is -0.462. The first-order chi connectivity index (χ1) is 7.95. The van der Waals surface area contributed by atoms with Crippen LogP contribution in [0.25, 0.3) is 0 Å². The van der Waals surface area contributed by atoms with Gasteiger partial charge in [0, 0.05) is 14.1 Å². The zero-order valence-corrected chi connectivity index (χ0v) is 11.8. The molecule has 0 unspecified atom stereocenters. The third kappa shape index (κ3) is 3.52. The standard InChI is InChI=1S/C11H14BrN3O2/c1-7-5-8(12)10(13-6-15(2)3)14-9(7)11(16)17-4/h5-6H,1-4H3/b13-6+. The molecular formula is C11H14BrN3O2. The van der Waals surface area contributed by atoms with Crippen molar-refractivity contribution >= 4 is 34.1 Å². The number of esters is 1. The van der Waals surface area contributed by atoms with Crippen molar-refractivity contribution in [3.8, 4) is 0 Å². The summed E-state index contributed by atoms with van der Waals surface area (Å²) in [7, 11) is 5.04. The summed E-state index contributed by atoms with van der Waals surface area (Å²) in [4.78, 5) is 21.6. The van der Waals surface area contributed by atoms with E-state index in [1.54, 1.807) is 24.2 Å². The second-order valence-corrected chi connectivity index (χ2v) is 4.51. The summed E-state index contributed by atoms with van der Waals surface area (Å²) in [5, 5.41) is 0. The Hall–Kier alpha value is -1.43. The van der Waals surface area contributed by atoms with E-state index in [1.807, 2.05) is 14.1 Å². The highest BCUT2D eigenvalue weighted by Crippen LogP contribution is 2.25. The monoisotopic (exact) mass is 299 g/mol. The molecule has 1 aromatic heterocycles. The van der Waals surface area contributed by atoms with Crippen molar-refractivity contribution < 1.29 is 9.53 Å². The van der Waals surface area contributed by atoms with Crippen LogP contribution < -0.4 is 0 Å². The van der Waals surface area contributed by atoms with Crippen LogP contribution in [0.1, 0.15) is 16.1 Å². The van der Waals surface area contributed by atoms with Gasteiger partial charge in [-0.3, -0.25) is 0 Å². The van der Waals surface area contributed by atoms with Gasteiger partial charge in [0.25, 0.3) is 0 Å². The molecule has 0 radical (unpaired) electrons. The van der Waals surface area contributed by atoms with Gasteiger partial charge in [-0.1, -0.05) is 0 Å². The Morgan fingerprint density at radius 2 is 2.24 bits per heavy atom. The molecule has 92 valence electrons. The molecule has 0 bridgehead atoms. The highest BCUT2D eigenvalue weighted by Gasteiger charge is 2.14. The van der Waals surface area contributed by atoms with Gasteiger partial charge in [-0.2, -0.15) is 0 Å². The van der Waals surface area contributed by atoms with E-state index in [4.69, 9.17) is 0 Å². The zero-order valence-electron chi connectivity index (χ0n) is 10.2. The molecule has 6 heteroatoms. The maximum absolute atomic E-state index is 11.5. The van der Waals surface area contributed by atoms with E-state index in [0.717, 1.165) is 10.0 Å². The van der Waals surface area contributed by atoms with Crippen LogP contribution in [0.5, 0.6) is 0 Å². The third-order valence-electron chi connectivity index (χ3n) is 1.94. The number of nitrogens with zero attached hydrogens (tertiary/aromatic N) is 3. The minimum Gasteiger partial charge on any atom is -0.464 e. The molecule has 0 aromatic carbocycles. The molecule has 0 fully saturated rings. The summed E-state index contributed by atoms with van der Waals surface area (Å²) in [5.74, 6) is -0.0130. The number of carbonyl (C=O) groups is 1. The Morgan fingerprint density at radius 3 is 2.76 bits per heavy atom. The lowest BCUT2D eigenvalue weighted by atomic mass is 10.2. The van der Waals surface area contributed by atoms with E-state index < -0.39 is 5.97 Å². The van der Waals surface area contributed by atoms with Gasteiger partial charge >= 0.3 is 5.97 Å². The fourth-order valence-corrected chi connectivity index (χ4v) is 1.67. The van der Waals surface area contributed by atoms with E-state index in [0.29, 0.717) is 5.82 Å². The summed E-state index contributed by atoms with van der Waals surface area (Å²) in [6.45, 7) is 1.80. The van der Waals surface area contributed by atoms with Gasteiger partial charge in [0.2, 0.25) is 0 Å². The van der Waals surface area contributed by atoms with Gasteiger partial charge in [-0.05, 0) is 34.5 Å². The molecule has 0 saturated carbocycles. The lowest BCUT2D eigenvalue weighted by Crippen LogP contribution is -2.09. The molecule has 0 spiro atoms. The molecule has 0 N–H and O–H groups in total. The average molecular weight is 300 g/mol. The Labute approximate surface area is 109 Å². The van der Waals surface area contributed by atoms with Crippen LogP contribution in [0.2, 0.25) is 0 Å². The number of rotatable bonds is 3. The van der Waals surface area contributed by atoms with E-state index in [1.165, 1.54) is 7.11 Å². The smallest absolute Gasteiger partial charge is 0.357 e. The van der Waals surface area contributed by atoms with Crippen LogP contribution in [-0.4, -0.2) is 43.4 Å². The number of ether oxygens (including phenoxy) is 1. The lowest BCUT2D eigenvalue weighted by molar-refractivity contribution is 0.0593. The normalized spacial score (nSPS) is 10.6. The first-order valence-electron chi connectivity index (χ1n) is 4.91. The van der Waals surface area contributed by atoms with Crippen LogP contribution >= 0.6 is 15.9 Å². The van der Waals surface area contributed by atoms with Crippen LogP contribution in [0.4, 0.5) is 5.82 Å². The minimum absolute atomic E-state index is 0.279. The summed E-state index contributed by atoms with van der Waals surface area (Å²) in [5.41, 5.74) is 1.02. The number of carbonyl (C=O) groups excluding carboxylic acids is 1. The maximum Gasteiger partial charge on any atom is 0.357 e. The number of aryl methyl sites for hydroxylation is 1. The van der Waals surface area contributed by atoms with Gasteiger partial charge in [0.05, 0.1) is 17.9 Å². The van der Waals surface area contributed by atoms with Crippen molar-refractivity contribution in [3.05, 3.63) is 21.8 Å². The summed E-state index contributed by atoms with van der Waals surface area (Å²) >= 11 is 3.36. The van der Waals surface area contributed by atoms with Gasteiger partial charge in [0.15, 0.2) is 11.5 Å². The van der Waals surface area contributed by atoms with Crippen LogP contribution in [0, 0.1) is 6.92 Å². The number of hydrogen-bond acceptors (Lipinski definition) is 4. The Kier molecular flexibility index (Phi) is 4.62. The predicted octanol–water partition coefficient (Wildman–Crippen LogP) is 2.16. The van der Waals surface area contributed by atoms with Gasteiger partial charge < -0.3 is 9.64 Å². The fourth-order valence-electron chi connectivity index (χ4n) is 1.13. The topological polar surface area (TPSA) is 54.8 Å². The third-order valence-corrected chi connectivity index (χ3v) is 2.52. The Bertz CT molecular complexity index is 458. The van der Waals surface area contributed by atoms with Crippen molar-refractivity contribution in [2.45, 2.75) is 6.92 Å².